The van der Waals surface area contributed by atoms with Crippen molar-refractivity contribution in [3.8, 4) is 5.75 Å². The summed E-state index contributed by atoms with van der Waals surface area (Å²) in [6.45, 7) is 9.54. The standard InChI is InChI=1S/C24H40N4O2/c1-25-15-17-27(18-16-25)14-11-24(29)26(2)19-22-5-4-12-28(20-22)13-10-21-6-8-23(30-3)9-7-21/h6-9,22H,4-5,10-20H2,1-3H3. The van der Waals surface area contributed by atoms with E-state index in [0.717, 1.165) is 64.5 Å². The van der Waals surface area contributed by atoms with Crippen molar-refractivity contribution in [1.82, 2.24) is 19.6 Å². The van der Waals surface area contributed by atoms with Crippen molar-refractivity contribution < 1.29 is 9.53 Å². The number of rotatable bonds is 9. The number of piperidine rings is 1. The molecule has 2 fully saturated rings. The number of hydrogen-bond donors (Lipinski definition) is 0. The van der Waals surface area contributed by atoms with Crippen molar-refractivity contribution in [2.45, 2.75) is 25.7 Å². The number of ether oxygens (including phenoxy) is 1. The first-order valence-corrected chi connectivity index (χ1v) is 11.5. The van der Waals surface area contributed by atoms with Crippen LogP contribution in [-0.4, -0.2) is 106 Å². The second-order valence-corrected chi connectivity index (χ2v) is 9.08. The Kier molecular flexibility index (Phi) is 8.97. The summed E-state index contributed by atoms with van der Waals surface area (Å²) >= 11 is 0. The van der Waals surface area contributed by atoms with Gasteiger partial charge < -0.3 is 24.3 Å². The summed E-state index contributed by atoms with van der Waals surface area (Å²) in [7, 11) is 5.86. The molecule has 2 saturated heterocycles. The highest BCUT2D eigenvalue weighted by atomic mass is 16.5. The first kappa shape index (κ1) is 23.0. The largest absolute Gasteiger partial charge is 0.497 e. The molecular formula is C24H40N4O2. The number of likely N-dealkylation sites (tertiary alicyclic amines) is 1. The quantitative estimate of drug-likeness (QED) is 0.616. The summed E-state index contributed by atoms with van der Waals surface area (Å²) in [5.41, 5.74) is 1.36. The molecule has 1 atom stereocenters. The molecule has 6 heteroatoms. The summed E-state index contributed by atoms with van der Waals surface area (Å²) in [5, 5.41) is 0. The molecular weight excluding hydrogens is 376 g/mol. The molecule has 2 aliphatic heterocycles. The Morgan fingerprint density at radius 1 is 1.07 bits per heavy atom. The molecule has 30 heavy (non-hydrogen) atoms. The van der Waals surface area contributed by atoms with Crippen LogP contribution in [0.1, 0.15) is 24.8 Å². The zero-order valence-electron chi connectivity index (χ0n) is 19.2. The molecule has 0 N–H and O–H groups in total. The third kappa shape index (κ3) is 7.25. The maximum atomic E-state index is 12.6. The summed E-state index contributed by atoms with van der Waals surface area (Å²) in [4.78, 5) is 22.0. The average Bonchev–Trinajstić information content (AvgIpc) is 2.77. The topological polar surface area (TPSA) is 39.3 Å². The van der Waals surface area contributed by atoms with Crippen LogP contribution in [0.3, 0.4) is 0 Å². The predicted octanol–water partition coefficient (Wildman–Crippen LogP) is 2.05. The van der Waals surface area contributed by atoms with E-state index in [4.69, 9.17) is 4.74 Å². The van der Waals surface area contributed by atoms with Crippen LogP contribution in [0.15, 0.2) is 24.3 Å². The fourth-order valence-corrected chi connectivity index (χ4v) is 4.59. The van der Waals surface area contributed by atoms with Gasteiger partial charge in [-0.1, -0.05) is 12.1 Å². The fraction of sp³-hybridized carbons (Fsp3) is 0.708. The minimum atomic E-state index is 0.296. The Morgan fingerprint density at radius 3 is 2.50 bits per heavy atom. The molecule has 3 rings (SSSR count). The molecule has 2 heterocycles. The van der Waals surface area contributed by atoms with Gasteiger partial charge in [-0.05, 0) is 56.5 Å². The Hall–Kier alpha value is -1.63. The average molecular weight is 417 g/mol. The van der Waals surface area contributed by atoms with Gasteiger partial charge in [-0.2, -0.15) is 0 Å². The first-order valence-electron chi connectivity index (χ1n) is 11.5. The Bertz CT molecular complexity index is 643. The molecule has 0 aromatic heterocycles. The highest BCUT2D eigenvalue weighted by molar-refractivity contribution is 5.76. The molecule has 1 aromatic carbocycles. The van der Waals surface area contributed by atoms with E-state index in [-0.39, 0.29) is 0 Å². The van der Waals surface area contributed by atoms with Crippen molar-refractivity contribution in [2.24, 2.45) is 5.92 Å². The highest BCUT2D eigenvalue weighted by Gasteiger charge is 2.23. The normalized spacial score (nSPS) is 21.5. The molecule has 168 valence electrons. The lowest BCUT2D eigenvalue weighted by molar-refractivity contribution is -0.131. The van der Waals surface area contributed by atoms with Crippen LogP contribution in [0.4, 0.5) is 0 Å². The molecule has 0 spiro atoms. The number of hydrogen-bond acceptors (Lipinski definition) is 5. The van der Waals surface area contributed by atoms with E-state index in [0.29, 0.717) is 18.2 Å². The molecule has 1 aromatic rings. The molecule has 2 aliphatic rings. The van der Waals surface area contributed by atoms with Crippen molar-refractivity contribution in [3.63, 3.8) is 0 Å². The third-order valence-corrected chi connectivity index (χ3v) is 6.67. The van der Waals surface area contributed by atoms with Gasteiger partial charge in [0.05, 0.1) is 7.11 Å². The lowest BCUT2D eigenvalue weighted by atomic mass is 9.97. The summed E-state index contributed by atoms with van der Waals surface area (Å²) in [6, 6.07) is 8.40. The number of likely N-dealkylation sites (N-methyl/N-ethyl adjacent to an activating group) is 1. The smallest absolute Gasteiger partial charge is 0.223 e. The van der Waals surface area contributed by atoms with E-state index in [1.807, 2.05) is 24.1 Å². The van der Waals surface area contributed by atoms with Gasteiger partial charge in [-0.25, -0.2) is 0 Å². The molecule has 0 saturated carbocycles. The van der Waals surface area contributed by atoms with Crippen LogP contribution in [0.5, 0.6) is 5.75 Å². The Labute approximate surface area is 182 Å². The van der Waals surface area contributed by atoms with E-state index < -0.39 is 0 Å². The van der Waals surface area contributed by atoms with Crippen LogP contribution < -0.4 is 4.74 Å². The van der Waals surface area contributed by atoms with Crippen molar-refractivity contribution in [3.05, 3.63) is 29.8 Å². The van der Waals surface area contributed by atoms with Crippen LogP contribution in [-0.2, 0) is 11.2 Å². The summed E-state index contributed by atoms with van der Waals surface area (Å²) < 4.78 is 5.24. The molecule has 0 radical (unpaired) electrons. The van der Waals surface area contributed by atoms with Crippen molar-refractivity contribution >= 4 is 5.91 Å². The van der Waals surface area contributed by atoms with Crippen molar-refractivity contribution in [1.29, 1.82) is 0 Å². The summed E-state index contributed by atoms with van der Waals surface area (Å²) in [6.07, 6.45) is 4.18. The van der Waals surface area contributed by atoms with E-state index >= 15 is 0 Å². The van der Waals surface area contributed by atoms with Crippen LogP contribution in [0.2, 0.25) is 0 Å². The van der Waals surface area contributed by atoms with Gasteiger partial charge in [0.1, 0.15) is 5.75 Å². The number of carbonyl (C=O) groups excluding carboxylic acids is 1. The number of amides is 1. The number of piperazine rings is 1. The van der Waals surface area contributed by atoms with Gasteiger partial charge in [0.2, 0.25) is 5.91 Å². The van der Waals surface area contributed by atoms with Crippen molar-refractivity contribution in [2.75, 3.05) is 80.1 Å². The van der Waals surface area contributed by atoms with Gasteiger partial charge in [0.25, 0.3) is 0 Å². The van der Waals surface area contributed by atoms with E-state index in [1.165, 1.54) is 24.9 Å². The monoisotopic (exact) mass is 416 g/mol. The van der Waals surface area contributed by atoms with Gasteiger partial charge in [-0.3, -0.25) is 4.79 Å². The lowest BCUT2D eigenvalue weighted by Crippen LogP contribution is -2.46. The minimum absolute atomic E-state index is 0.296. The van der Waals surface area contributed by atoms with Gasteiger partial charge >= 0.3 is 0 Å². The van der Waals surface area contributed by atoms with E-state index in [2.05, 4.69) is 33.9 Å². The number of nitrogens with zero attached hydrogens (tertiary/aromatic N) is 4. The summed E-state index contributed by atoms with van der Waals surface area (Å²) in [5.74, 6) is 1.80. The van der Waals surface area contributed by atoms with Gasteiger partial charge in [-0.15, -0.1) is 0 Å². The van der Waals surface area contributed by atoms with E-state index in [9.17, 15) is 4.79 Å². The Morgan fingerprint density at radius 2 is 1.80 bits per heavy atom. The van der Waals surface area contributed by atoms with E-state index in [1.54, 1.807) is 7.11 Å². The SMILES string of the molecule is COc1ccc(CCN2CCCC(CN(C)C(=O)CCN3CCN(C)CC3)C2)cc1. The van der Waals surface area contributed by atoms with Gasteiger partial charge in [0, 0.05) is 65.8 Å². The predicted molar refractivity (Wildman–Crippen MR) is 122 cm³/mol. The van der Waals surface area contributed by atoms with Crippen LogP contribution in [0.25, 0.3) is 0 Å². The lowest BCUT2D eigenvalue weighted by Gasteiger charge is -2.35. The zero-order chi connectivity index (χ0) is 21.3. The second kappa shape index (κ2) is 11.7. The molecule has 1 amide bonds. The number of methoxy groups -OCH3 is 1. The molecule has 6 nitrogen and oxygen atoms in total. The van der Waals surface area contributed by atoms with Crippen LogP contribution >= 0.6 is 0 Å². The van der Waals surface area contributed by atoms with Gasteiger partial charge in [0.15, 0.2) is 0 Å². The zero-order valence-corrected chi connectivity index (χ0v) is 19.2. The minimum Gasteiger partial charge on any atom is -0.497 e. The molecule has 1 unspecified atom stereocenters. The molecule has 0 bridgehead atoms. The maximum absolute atomic E-state index is 12.6. The second-order valence-electron chi connectivity index (χ2n) is 9.08. The first-order chi connectivity index (χ1) is 14.5. The fourth-order valence-electron chi connectivity index (χ4n) is 4.59. The maximum Gasteiger partial charge on any atom is 0.223 e. The Balaban J connectivity index is 1.36. The van der Waals surface area contributed by atoms with Crippen LogP contribution in [0, 0.1) is 5.92 Å². The molecule has 0 aliphatic carbocycles. The number of carbonyl (C=O) groups is 1. The third-order valence-electron chi connectivity index (χ3n) is 6.67. The number of benzene rings is 1. The highest BCUT2D eigenvalue weighted by Crippen LogP contribution is 2.19.